The molecule has 0 spiro atoms. The summed E-state index contributed by atoms with van der Waals surface area (Å²) in [5.74, 6) is 5.47. The fraction of sp³-hybridized carbons (Fsp3) is 0.667. The first-order valence-electron chi connectivity index (χ1n) is 13.6. The highest BCUT2D eigenvalue weighted by molar-refractivity contribution is 7.15. The Morgan fingerprint density at radius 1 is 1.16 bits per heavy atom. The Morgan fingerprint density at radius 3 is 2.49 bits per heavy atom. The number of carbonyl (C=O) groups is 2. The van der Waals surface area contributed by atoms with E-state index in [1.807, 2.05) is 31.7 Å². The number of carboxylic acids is 1. The van der Waals surface area contributed by atoms with Gasteiger partial charge in [0.15, 0.2) is 0 Å². The molecule has 7 heteroatoms. The smallest absolute Gasteiger partial charge is 0.348 e. The number of aromatic carboxylic acids is 1. The number of nitrogens with zero attached hydrogens (tertiary/aromatic N) is 1. The van der Waals surface area contributed by atoms with Gasteiger partial charge in [0.1, 0.15) is 4.88 Å². The number of amides is 1. The molecule has 1 saturated heterocycles. The molecule has 0 radical (unpaired) electrons. The SMILES string of the molecule is CC1=CCC(C(=O)N(c2cc(C#CC(C)(C)C)sc2C(=O)O)C2CCC(O[C@@H]3CCOC3)CC2)[C@H](C)C1. The minimum absolute atomic E-state index is 0.0421. The molecule has 2 aliphatic carbocycles. The maximum absolute atomic E-state index is 14.2. The molecule has 1 amide bonds. The zero-order chi connectivity index (χ0) is 26.7. The first kappa shape index (κ1) is 27.9. The second kappa shape index (κ2) is 11.7. The van der Waals surface area contributed by atoms with Gasteiger partial charge in [0.25, 0.3) is 0 Å². The summed E-state index contributed by atoms with van der Waals surface area (Å²) in [5.41, 5.74) is 1.62. The van der Waals surface area contributed by atoms with Gasteiger partial charge in [0.2, 0.25) is 5.91 Å². The van der Waals surface area contributed by atoms with Gasteiger partial charge in [-0.25, -0.2) is 4.79 Å². The topological polar surface area (TPSA) is 76.1 Å². The van der Waals surface area contributed by atoms with E-state index in [9.17, 15) is 14.7 Å². The molecule has 37 heavy (non-hydrogen) atoms. The van der Waals surface area contributed by atoms with Gasteiger partial charge >= 0.3 is 5.97 Å². The van der Waals surface area contributed by atoms with E-state index in [2.05, 4.69) is 31.8 Å². The fourth-order valence-corrected chi connectivity index (χ4v) is 6.51. The van der Waals surface area contributed by atoms with Crippen molar-refractivity contribution in [2.75, 3.05) is 18.1 Å². The zero-order valence-electron chi connectivity index (χ0n) is 22.8. The van der Waals surface area contributed by atoms with E-state index < -0.39 is 5.97 Å². The van der Waals surface area contributed by atoms with Crippen molar-refractivity contribution < 1.29 is 24.2 Å². The Balaban J connectivity index is 1.63. The van der Waals surface area contributed by atoms with Gasteiger partial charge in [-0.05, 0) is 84.6 Å². The van der Waals surface area contributed by atoms with Crippen LogP contribution in [0.15, 0.2) is 17.7 Å². The lowest BCUT2D eigenvalue weighted by Gasteiger charge is -2.40. The van der Waals surface area contributed by atoms with Crippen molar-refractivity contribution >= 4 is 28.9 Å². The van der Waals surface area contributed by atoms with Crippen molar-refractivity contribution in [3.63, 3.8) is 0 Å². The Morgan fingerprint density at radius 2 is 1.89 bits per heavy atom. The molecular formula is C30H41NO5S. The summed E-state index contributed by atoms with van der Waals surface area (Å²) < 4.78 is 11.7. The maximum atomic E-state index is 14.2. The van der Waals surface area contributed by atoms with Gasteiger partial charge in [0, 0.05) is 24.0 Å². The lowest BCUT2D eigenvalue weighted by atomic mass is 9.79. The van der Waals surface area contributed by atoms with Crippen LogP contribution in [-0.2, 0) is 14.3 Å². The molecule has 1 N–H and O–H groups in total. The Bertz CT molecular complexity index is 1070. The van der Waals surface area contributed by atoms with E-state index in [0.29, 0.717) is 23.6 Å². The summed E-state index contributed by atoms with van der Waals surface area (Å²) in [6.07, 6.45) is 8.31. The number of rotatable bonds is 6. The van der Waals surface area contributed by atoms with Crippen LogP contribution in [0.3, 0.4) is 0 Å². The Labute approximate surface area is 225 Å². The molecule has 1 aliphatic heterocycles. The van der Waals surface area contributed by atoms with Gasteiger partial charge in [-0.15, -0.1) is 11.3 Å². The third-order valence-electron chi connectivity index (χ3n) is 7.61. The molecule has 1 saturated carbocycles. The van der Waals surface area contributed by atoms with E-state index >= 15 is 0 Å². The molecule has 6 nitrogen and oxygen atoms in total. The molecule has 3 aliphatic rings. The Hall–Kier alpha value is -2.14. The van der Waals surface area contributed by atoms with E-state index in [0.717, 1.165) is 45.1 Å². The average molecular weight is 528 g/mol. The minimum atomic E-state index is -1.01. The number of ether oxygens (including phenoxy) is 2. The van der Waals surface area contributed by atoms with Crippen LogP contribution in [0, 0.1) is 29.1 Å². The lowest BCUT2D eigenvalue weighted by Crippen LogP contribution is -2.48. The summed E-state index contributed by atoms with van der Waals surface area (Å²) in [6, 6.07) is 1.78. The highest BCUT2D eigenvalue weighted by atomic mass is 32.1. The summed E-state index contributed by atoms with van der Waals surface area (Å²) in [4.78, 5) is 29.3. The second-order valence-corrected chi connectivity index (χ2v) is 13.0. The van der Waals surface area contributed by atoms with Crippen molar-refractivity contribution in [2.24, 2.45) is 17.3 Å². The molecule has 0 bridgehead atoms. The number of allylic oxidation sites excluding steroid dienone is 2. The Kier molecular flexibility index (Phi) is 8.83. The molecule has 1 aromatic rings. The summed E-state index contributed by atoms with van der Waals surface area (Å²) in [6.45, 7) is 11.8. The first-order chi connectivity index (χ1) is 17.5. The predicted molar refractivity (Wildman–Crippen MR) is 147 cm³/mol. The number of carbonyl (C=O) groups excluding carboxylic acids is 1. The minimum Gasteiger partial charge on any atom is -0.477 e. The van der Waals surface area contributed by atoms with Gasteiger partial charge in [-0.3, -0.25) is 4.79 Å². The highest BCUT2D eigenvalue weighted by Gasteiger charge is 2.39. The van der Waals surface area contributed by atoms with Crippen LogP contribution >= 0.6 is 11.3 Å². The summed E-state index contributed by atoms with van der Waals surface area (Å²) in [7, 11) is 0. The van der Waals surface area contributed by atoms with Crippen LogP contribution in [-0.4, -0.2) is 48.4 Å². The van der Waals surface area contributed by atoms with Crippen LogP contribution < -0.4 is 4.90 Å². The van der Waals surface area contributed by atoms with Crippen molar-refractivity contribution in [1.29, 1.82) is 0 Å². The monoisotopic (exact) mass is 527 g/mol. The molecule has 202 valence electrons. The molecule has 4 rings (SSSR count). The van der Waals surface area contributed by atoms with Crippen LogP contribution in [0.5, 0.6) is 0 Å². The first-order valence-corrected chi connectivity index (χ1v) is 14.5. The number of hydrogen-bond donors (Lipinski definition) is 1. The van der Waals surface area contributed by atoms with E-state index in [1.165, 1.54) is 16.9 Å². The third-order valence-corrected chi connectivity index (χ3v) is 8.64. The second-order valence-electron chi connectivity index (χ2n) is 12.0. The zero-order valence-corrected chi connectivity index (χ0v) is 23.7. The third kappa shape index (κ3) is 7.04. The molecule has 2 fully saturated rings. The predicted octanol–water partition coefficient (Wildman–Crippen LogP) is 6.29. The standard InChI is InChI=1S/C30H41NO5S/c1-19-6-11-25(20(2)16-19)28(32)31(21-7-9-22(10-8-21)36-23-13-15-35-18-23)26-17-24(12-14-30(3,4)5)37-27(26)29(33)34/h6,17,20-23,25H,7-11,13,15-16,18H2,1-5H3,(H,33,34)/t20-,21?,22?,23-,25?/m1/s1. The largest absolute Gasteiger partial charge is 0.477 e. The van der Waals surface area contributed by atoms with Crippen molar-refractivity contribution in [3.05, 3.63) is 27.5 Å². The van der Waals surface area contributed by atoms with E-state index in [-0.39, 0.29) is 46.3 Å². The maximum Gasteiger partial charge on any atom is 0.348 e. The van der Waals surface area contributed by atoms with Crippen molar-refractivity contribution in [1.82, 2.24) is 0 Å². The normalized spacial score (nSPS) is 28.2. The molecule has 2 heterocycles. The van der Waals surface area contributed by atoms with Gasteiger partial charge in [0.05, 0.1) is 29.4 Å². The van der Waals surface area contributed by atoms with E-state index in [4.69, 9.17) is 9.47 Å². The van der Waals surface area contributed by atoms with Crippen LogP contribution in [0.25, 0.3) is 0 Å². The van der Waals surface area contributed by atoms with Crippen LogP contribution in [0.2, 0.25) is 0 Å². The number of anilines is 1. The summed E-state index contributed by atoms with van der Waals surface area (Å²) in [5, 5.41) is 10.1. The van der Waals surface area contributed by atoms with Gasteiger partial charge in [-0.1, -0.05) is 30.4 Å². The molecule has 0 aromatic carbocycles. The molecular weight excluding hydrogens is 486 g/mol. The highest BCUT2D eigenvalue weighted by Crippen LogP contribution is 2.39. The van der Waals surface area contributed by atoms with Gasteiger partial charge < -0.3 is 19.5 Å². The summed E-state index contributed by atoms with van der Waals surface area (Å²) >= 11 is 1.17. The quantitative estimate of drug-likeness (QED) is 0.348. The van der Waals surface area contributed by atoms with Crippen LogP contribution in [0.4, 0.5) is 5.69 Å². The van der Waals surface area contributed by atoms with E-state index in [1.54, 1.807) is 0 Å². The lowest BCUT2D eigenvalue weighted by molar-refractivity contribution is -0.124. The fourth-order valence-electron chi connectivity index (χ4n) is 5.67. The number of hydrogen-bond acceptors (Lipinski definition) is 5. The van der Waals surface area contributed by atoms with Crippen LogP contribution in [0.1, 0.15) is 94.1 Å². The van der Waals surface area contributed by atoms with Crippen molar-refractivity contribution in [3.8, 4) is 11.8 Å². The molecule has 3 atom stereocenters. The van der Waals surface area contributed by atoms with Gasteiger partial charge in [-0.2, -0.15) is 0 Å². The average Bonchev–Trinajstić information content (AvgIpc) is 3.49. The molecule has 1 aromatic heterocycles. The number of thiophene rings is 1. The van der Waals surface area contributed by atoms with Crippen molar-refractivity contribution in [2.45, 2.75) is 97.8 Å². The number of carboxylic acid groups (broad SMARTS) is 1. The molecule has 1 unspecified atom stereocenters.